The molecule has 1 fully saturated rings. The van der Waals surface area contributed by atoms with Crippen molar-refractivity contribution < 1.29 is 0 Å². The van der Waals surface area contributed by atoms with Gasteiger partial charge in [-0.25, -0.2) is 0 Å². The van der Waals surface area contributed by atoms with Crippen LogP contribution >= 0.6 is 27.5 Å². The highest BCUT2D eigenvalue weighted by atomic mass is 79.9. The number of likely N-dealkylation sites (tertiary alicyclic amines) is 1. The molecular formula is C14H20BrClN2. The monoisotopic (exact) mass is 330 g/mol. The maximum absolute atomic E-state index is 6.17. The summed E-state index contributed by atoms with van der Waals surface area (Å²) in [6, 6.07) is 6.45. The van der Waals surface area contributed by atoms with Crippen LogP contribution < -0.4 is 5.73 Å². The fraction of sp³-hybridized carbons (Fsp3) is 0.571. The normalized spacial score (nSPS) is 22.3. The van der Waals surface area contributed by atoms with Crippen LogP contribution in [0.2, 0.25) is 5.02 Å². The summed E-state index contributed by atoms with van der Waals surface area (Å²) in [4.78, 5) is 2.49. The third kappa shape index (κ3) is 3.08. The molecule has 18 heavy (non-hydrogen) atoms. The highest BCUT2D eigenvalue weighted by Gasteiger charge is 2.27. The summed E-state index contributed by atoms with van der Waals surface area (Å²) in [6.45, 7) is 5.22. The van der Waals surface area contributed by atoms with E-state index in [0.29, 0.717) is 12.6 Å². The molecular weight excluding hydrogens is 312 g/mol. The number of hydrogen-bond donors (Lipinski definition) is 1. The summed E-state index contributed by atoms with van der Waals surface area (Å²) >= 11 is 9.60. The molecule has 0 saturated carbocycles. The van der Waals surface area contributed by atoms with Gasteiger partial charge in [-0.05, 0) is 52.5 Å². The zero-order chi connectivity index (χ0) is 13.1. The molecule has 0 aromatic heterocycles. The Balaban J connectivity index is 2.15. The molecule has 2 N–H and O–H groups in total. The summed E-state index contributed by atoms with van der Waals surface area (Å²) in [5.41, 5.74) is 7.19. The van der Waals surface area contributed by atoms with Crippen LogP contribution in [0.5, 0.6) is 0 Å². The van der Waals surface area contributed by atoms with Crippen molar-refractivity contribution >= 4 is 27.5 Å². The van der Waals surface area contributed by atoms with Crippen molar-refractivity contribution in [2.75, 3.05) is 19.6 Å². The topological polar surface area (TPSA) is 29.3 Å². The van der Waals surface area contributed by atoms with Gasteiger partial charge in [0.1, 0.15) is 0 Å². The smallest absolute Gasteiger partial charge is 0.0551 e. The van der Waals surface area contributed by atoms with Crippen molar-refractivity contribution in [2.24, 2.45) is 11.7 Å². The van der Waals surface area contributed by atoms with Crippen LogP contribution in [-0.2, 0) is 0 Å². The van der Waals surface area contributed by atoms with Gasteiger partial charge in [-0.3, -0.25) is 4.90 Å². The lowest BCUT2D eigenvalue weighted by molar-refractivity contribution is 0.241. The van der Waals surface area contributed by atoms with E-state index in [1.54, 1.807) is 0 Å². The Labute approximate surface area is 123 Å². The highest BCUT2D eigenvalue weighted by Crippen LogP contribution is 2.31. The second-order valence-corrected chi connectivity index (χ2v) is 6.24. The summed E-state index contributed by atoms with van der Waals surface area (Å²) in [7, 11) is 0. The van der Waals surface area contributed by atoms with E-state index in [9.17, 15) is 0 Å². The van der Waals surface area contributed by atoms with Crippen molar-refractivity contribution in [3.8, 4) is 0 Å². The average Bonchev–Trinajstić information content (AvgIpc) is 2.83. The van der Waals surface area contributed by atoms with Crippen molar-refractivity contribution in [1.29, 1.82) is 0 Å². The van der Waals surface area contributed by atoms with Gasteiger partial charge in [0.05, 0.1) is 5.02 Å². The first-order chi connectivity index (χ1) is 8.65. The molecule has 1 heterocycles. The van der Waals surface area contributed by atoms with Crippen LogP contribution in [-0.4, -0.2) is 24.5 Å². The van der Waals surface area contributed by atoms with Crippen LogP contribution in [0.25, 0.3) is 0 Å². The molecule has 0 spiro atoms. The first-order valence-electron chi connectivity index (χ1n) is 6.54. The Morgan fingerprint density at radius 2 is 2.33 bits per heavy atom. The third-order valence-electron chi connectivity index (χ3n) is 3.89. The van der Waals surface area contributed by atoms with Gasteiger partial charge in [-0.1, -0.05) is 31.0 Å². The van der Waals surface area contributed by atoms with Crippen LogP contribution in [0.15, 0.2) is 22.7 Å². The van der Waals surface area contributed by atoms with Crippen molar-refractivity contribution in [3.05, 3.63) is 33.3 Å². The molecule has 2 atom stereocenters. The lowest BCUT2D eigenvalue weighted by Crippen LogP contribution is -2.32. The van der Waals surface area contributed by atoms with E-state index < -0.39 is 0 Å². The van der Waals surface area contributed by atoms with E-state index >= 15 is 0 Å². The molecule has 0 bridgehead atoms. The minimum Gasteiger partial charge on any atom is -0.329 e. The van der Waals surface area contributed by atoms with Crippen molar-refractivity contribution in [2.45, 2.75) is 25.8 Å². The summed E-state index contributed by atoms with van der Waals surface area (Å²) in [5, 5.41) is 0.761. The van der Waals surface area contributed by atoms with E-state index in [2.05, 4.69) is 33.8 Å². The molecule has 2 unspecified atom stereocenters. The van der Waals surface area contributed by atoms with Crippen molar-refractivity contribution in [3.63, 3.8) is 0 Å². The van der Waals surface area contributed by atoms with Crippen LogP contribution in [0.3, 0.4) is 0 Å². The van der Waals surface area contributed by atoms with Gasteiger partial charge >= 0.3 is 0 Å². The average molecular weight is 332 g/mol. The molecule has 2 rings (SSSR count). The van der Waals surface area contributed by atoms with Crippen LogP contribution in [0, 0.1) is 5.92 Å². The highest BCUT2D eigenvalue weighted by molar-refractivity contribution is 9.10. The molecule has 100 valence electrons. The number of nitrogens with two attached hydrogens (primary N) is 1. The number of halogens is 2. The summed E-state index contributed by atoms with van der Waals surface area (Å²) in [6.07, 6.45) is 2.55. The maximum atomic E-state index is 6.17. The van der Waals surface area contributed by atoms with Gasteiger partial charge in [0.15, 0.2) is 0 Å². The van der Waals surface area contributed by atoms with E-state index in [1.165, 1.54) is 18.4 Å². The van der Waals surface area contributed by atoms with Crippen LogP contribution in [0.1, 0.15) is 31.4 Å². The predicted molar refractivity (Wildman–Crippen MR) is 80.9 cm³/mol. The fourth-order valence-electron chi connectivity index (χ4n) is 2.69. The standard InChI is InChI=1S/C14H20BrClN2/c1-2-10-5-6-18(9-10)14(8-17)11-3-4-12(15)13(16)7-11/h3-4,7,10,14H,2,5-6,8-9,17H2,1H3. The Kier molecular flexibility index (Phi) is 5.07. The first-order valence-corrected chi connectivity index (χ1v) is 7.71. The Morgan fingerprint density at radius 3 is 2.89 bits per heavy atom. The molecule has 0 radical (unpaired) electrons. The second kappa shape index (κ2) is 6.38. The van der Waals surface area contributed by atoms with Gasteiger partial charge < -0.3 is 5.73 Å². The first kappa shape index (κ1) is 14.3. The zero-order valence-electron chi connectivity index (χ0n) is 10.7. The van der Waals surface area contributed by atoms with Crippen LogP contribution in [0.4, 0.5) is 0 Å². The lowest BCUT2D eigenvalue weighted by Gasteiger charge is -2.27. The lowest BCUT2D eigenvalue weighted by atomic mass is 10.0. The molecule has 4 heteroatoms. The van der Waals surface area contributed by atoms with Gasteiger partial charge in [0.25, 0.3) is 0 Å². The molecule has 0 amide bonds. The molecule has 1 aromatic rings. The molecule has 2 nitrogen and oxygen atoms in total. The maximum Gasteiger partial charge on any atom is 0.0551 e. The molecule has 1 aromatic carbocycles. The summed E-state index contributed by atoms with van der Waals surface area (Å²) < 4.78 is 0.941. The van der Waals surface area contributed by atoms with Crippen molar-refractivity contribution in [1.82, 2.24) is 4.90 Å². The van der Waals surface area contributed by atoms with Gasteiger partial charge in [0, 0.05) is 23.6 Å². The largest absolute Gasteiger partial charge is 0.329 e. The zero-order valence-corrected chi connectivity index (χ0v) is 13.0. The van der Waals surface area contributed by atoms with Gasteiger partial charge in [0.2, 0.25) is 0 Å². The molecule has 0 aliphatic carbocycles. The third-order valence-corrected chi connectivity index (χ3v) is 5.12. The predicted octanol–water partition coefficient (Wildman–Crippen LogP) is 3.83. The minimum absolute atomic E-state index is 0.298. The van der Waals surface area contributed by atoms with Gasteiger partial charge in [-0.15, -0.1) is 0 Å². The number of hydrogen-bond acceptors (Lipinski definition) is 2. The SMILES string of the molecule is CCC1CCN(C(CN)c2ccc(Br)c(Cl)c2)C1. The summed E-state index contributed by atoms with van der Waals surface area (Å²) in [5.74, 6) is 0.824. The quantitative estimate of drug-likeness (QED) is 0.908. The Morgan fingerprint density at radius 1 is 1.56 bits per heavy atom. The molecule has 1 aliphatic rings. The second-order valence-electron chi connectivity index (χ2n) is 4.98. The molecule has 1 aliphatic heterocycles. The Bertz CT molecular complexity index is 411. The van der Waals surface area contributed by atoms with Gasteiger partial charge in [-0.2, -0.15) is 0 Å². The Hall–Kier alpha value is -0.0900. The van der Waals surface area contributed by atoms with E-state index in [4.69, 9.17) is 17.3 Å². The molecule has 1 saturated heterocycles. The minimum atomic E-state index is 0.298. The fourth-order valence-corrected chi connectivity index (χ4v) is 3.13. The van der Waals surface area contributed by atoms with E-state index in [0.717, 1.165) is 28.5 Å². The number of benzene rings is 1. The number of rotatable bonds is 4. The van der Waals surface area contributed by atoms with E-state index in [1.807, 2.05) is 12.1 Å². The number of nitrogens with zero attached hydrogens (tertiary/aromatic N) is 1. The van der Waals surface area contributed by atoms with E-state index in [-0.39, 0.29) is 0 Å².